The average molecular weight is 482 g/mol. The smallest absolute Gasteiger partial charge is 0.321 e. The maximum Gasteiger partial charge on any atom is 0.321 e. The number of carbonyl (C=O) groups is 5. The fraction of sp³-hybridized carbons (Fsp3) is 0.391. The second-order valence-corrected chi connectivity index (χ2v) is 9.64. The molecule has 1 unspecified atom stereocenters. The van der Waals surface area contributed by atoms with Crippen molar-refractivity contribution in [1.82, 2.24) is 20.5 Å². The van der Waals surface area contributed by atoms with Crippen molar-refractivity contribution in [2.75, 3.05) is 11.9 Å². The molecule has 1 aromatic heterocycles. The van der Waals surface area contributed by atoms with E-state index in [4.69, 9.17) is 0 Å². The summed E-state index contributed by atoms with van der Waals surface area (Å²) in [7, 11) is 0. The van der Waals surface area contributed by atoms with Gasteiger partial charge in [0.05, 0.1) is 16.8 Å². The lowest BCUT2D eigenvalue weighted by Gasteiger charge is -2.27. The van der Waals surface area contributed by atoms with Crippen LogP contribution in [0.1, 0.15) is 62.5 Å². The molecule has 0 saturated carbocycles. The number of urea groups is 1. The zero-order valence-electron chi connectivity index (χ0n) is 18.3. The molecule has 0 radical (unpaired) electrons. The van der Waals surface area contributed by atoms with Gasteiger partial charge in [0.25, 0.3) is 11.8 Å². The molecule has 1 saturated heterocycles. The Bertz CT molecular complexity index is 1200. The molecule has 2 aromatic rings. The minimum absolute atomic E-state index is 0.0838. The molecule has 5 rings (SSSR count). The predicted molar refractivity (Wildman–Crippen MR) is 123 cm³/mol. The van der Waals surface area contributed by atoms with E-state index in [1.807, 2.05) is 0 Å². The minimum atomic E-state index is -0.977. The summed E-state index contributed by atoms with van der Waals surface area (Å²) in [5, 5.41) is 8.38. The molecular formula is C23H23N5O5S. The van der Waals surface area contributed by atoms with Gasteiger partial charge in [0.1, 0.15) is 6.04 Å². The van der Waals surface area contributed by atoms with Gasteiger partial charge >= 0.3 is 6.03 Å². The maximum atomic E-state index is 12.9. The van der Waals surface area contributed by atoms with E-state index >= 15 is 0 Å². The first-order chi connectivity index (χ1) is 16.4. The third kappa shape index (κ3) is 4.18. The van der Waals surface area contributed by atoms with Crippen molar-refractivity contribution in [1.29, 1.82) is 0 Å². The number of imide groups is 2. The predicted octanol–water partition coefficient (Wildman–Crippen LogP) is 1.79. The highest BCUT2D eigenvalue weighted by atomic mass is 32.1. The van der Waals surface area contributed by atoms with Gasteiger partial charge in [-0.05, 0) is 56.2 Å². The van der Waals surface area contributed by atoms with Crippen LogP contribution in [0.5, 0.6) is 0 Å². The monoisotopic (exact) mass is 481 g/mol. The first kappa shape index (κ1) is 22.2. The molecule has 0 spiro atoms. The van der Waals surface area contributed by atoms with E-state index in [0.717, 1.165) is 35.4 Å². The molecule has 0 bridgehead atoms. The molecule has 3 aliphatic rings. The molecule has 2 aliphatic heterocycles. The van der Waals surface area contributed by atoms with E-state index in [9.17, 15) is 24.0 Å². The molecule has 1 aromatic carbocycles. The number of nitrogens with one attached hydrogen (secondary N) is 3. The molecule has 3 heterocycles. The van der Waals surface area contributed by atoms with E-state index < -0.39 is 29.7 Å². The topological polar surface area (TPSA) is 138 Å². The Morgan fingerprint density at radius 2 is 1.94 bits per heavy atom. The van der Waals surface area contributed by atoms with Crippen LogP contribution in [0.3, 0.4) is 0 Å². The van der Waals surface area contributed by atoms with Crippen molar-refractivity contribution in [3.05, 3.63) is 45.5 Å². The Kier molecular flexibility index (Phi) is 5.86. The van der Waals surface area contributed by atoms with Gasteiger partial charge in [-0.15, -0.1) is 11.3 Å². The van der Waals surface area contributed by atoms with Crippen molar-refractivity contribution < 1.29 is 24.0 Å². The fourth-order valence-electron chi connectivity index (χ4n) is 4.55. The van der Waals surface area contributed by atoms with Crippen LogP contribution in [0.25, 0.3) is 0 Å². The summed E-state index contributed by atoms with van der Waals surface area (Å²) in [5.74, 6) is -2.08. The standard InChI is InChI=1S/C23H23N5O5S/c29-18-9-8-16(19(30)26-18)28-20(31)13-7-6-12(11-14(13)21(28)32)3-2-10-24-22(33)27-23-25-15-4-1-5-17(15)34-23/h6-7,11,16H,1-5,8-10H2,(H,26,29,30)(H2,24,25,27,33). The number of anilines is 1. The Morgan fingerprint density at radius 3 is 2.74 bits per heavy atom. The minimum Gasteiger partial charge on any atom is -0.338 e. The van der Waals surface area contributed by atoms with E-state index in [1.165, 1.54) is 16.2 Å². The summed E-state index contributed by atoms with van der Waals surface area (Å²) in [4.78, 5) is 68.0. The normalized spacial score (nSPS) is 19.2. The molecule has 3 N–H and O–H groups in total. The molecule has 6 amide bonds. The van der Waals surface area contributed by atoms with Crippen LogP contribution >= 0.6 is 11.3 Å². The number of benzene rings is 1. The molecule has 1 aliphatic carbocycles. The zero-order chi connectivity index (χ0) is 23.8. The van der Waals surface area contributed by atoms with Gasteiger partial charge in [0.2, 0.25) is 11.8 Å². The number of hydrogen-bond acceptors (Lipinski definition) is 7. The molecule has 10 nitrogen and oxygen atoms in total. The molecule has 34 heavy (non-hydrogen) atoms. The van der Waals surface area contributed by atoms with E-state index in [-0.39, 0.29) is 30.0 Å². The summed E-state index contributed by atoms with van der Waals surface area (Å²) in [6.07, 6.45) is 4.56. The second-order valence-electron chi connectivity index (χ2n) is 8.55. The SMILES string of the molecule is O=C1CCC(N2C(=O)c3ccc(CCCNC(=O)Nc4nc5c(s4)CCC5)cc3C2=O)C(=O)N1. The lowest BCUT2D eigenvalue weighted by molar-refractivity contribution is -0.136. The van der Waals surface area contributed by atoms with Crippen molar-refractivity contribution in [3.8, 4) is 0 Å². The van der Waals surface area contributed by atoms with E-state index in [2.05, 4.69) is 20.9 Å². The van der Waals surface area contributed by atoms with Gasteiger partial charge in [-0.2, -0.15) is 0 Å². The number of aromatic nitrogens is 1. The van der Waals surface area contributed by atoms with Gasteiger partial charge in [-0.25, -0.2) is 9.78 Å². The van der Waals surface area contributed by atoms with E-state index in [1.54, 1.807) is 18.2 Å². The van der Waals surface area contributed by atoms with Gasteiger partial charge < -0.3 is 5.32 Å². The first-order valence-corrected chi connectivity index (χ1v) is 12.1. The van der Waals surface area contributed by atoms with Crippen molar-refractivity contribution >= 4 is 46.1 Å². The number of carbonyl (C=O) groups excluding carboxylic acids is 5. The molecule has 11 heteroatoms. The van der Waals surface area contributed by atoms with Gasteiger partial charge in [0.15, 0.2) is 5.13 Å². The van der Waals surface area contributed by atoms with Crippen molar-refractivity contribution in [3.63, 3.8) is 0 Å². The van der Waals surface area contributed by atoms with Crippen LogP contribution in [0.4, 0.5) is 9.93 Å². The van der Waals surface area contributed by atoms with Crippen LogP contribution in [0.2, 0.25) is 0 Å². The Labute approximate surface area is 199 Å². The highest BCUT2D eigenvalue weighted by molar-refractivity contribution is 7.15. The Hall–Kier alpha value is -3.60. The quantitative estimate of drug-likeness (QED) is 0.425. The van der Waals surface area contributed by atoms with Crippen molar-refractivity contribution in [2.45, 2.75) is 51.0 Å². The summed E-state index contributed by atoms with van der Waals surface area (Å²) < 4.78 is 0. The number of fused-ring (bicyclic) bond motifs is 2. The highest BCUT2D eigenvalue weighted by Crippen LogP contribution is 2.30. The number of piperidine rings is 1. The van der Waals surface area contributed by atoms with Crippen LogP contribution in [0, 0.1) is 0 Å². The largest absolute Gasteiger partial charge is 0.338 e. The van der Waals surface area contributed by atoms with Crippen LogP contribution in [-0.2, 0) is 28.9 Å². The lowest BCUT2D eigenvalue weighted by Crippen LogP contribution is -2.54. The third-order valence-electron chi connectivity index (χ3n) is 6.25. The maximum absolute atomic E-state index is 12.9. The second kappa shape index (κ2) is 8.98. The van der Waals surface area contributed by atoms with E-state index in [0.29, 0.717) is 24.5 Å². The van der Waals surface area contributed by atoms with Gasteiger partial charge in [-0.1, -0.05) is 6.07 Å². The summed E-state index contributed by atoms with van der Waals surface area (Å²) >= 11 is 1.52. The summed E-state index contributed by atoms with van der Waals surface area (Å²) in [5.41, 5.74) is 2.45. The van der Waals surface area contributed by atoms with Gasteiger partial charge in [-0.3, -0.25) is 34.7 Å². The van der Waals surface area contributed by atoms with Crippen LogP contribution in [-0.4, -0.2) is 52.1 Å². The Balaban J connectivity index is 1.14. The number of amides is 6. The molecule has 1 atom stereocenters. The van der Waals surface area contributed by atoms with Gasteiger partial charge in [0, 0.05) is 17.8 Å². The summed E-state index contributed by atoms with van der Waals surface area (Å²) in [6.45, 7) is 0.434. The number of hydrogen-bond donors (Lipinski definition) is 3. The highest BCUT2D eigenvalue weighted by Gasteiger charge is 2.44. The third-order valence-corrected chi connectivity index (χ3v) is 7.32. The lowest BCUT2D eigenvalue weighted by atomic mass is 10.0. The molecule has 1 fully saturated rings. The summed E-state index contributed by atoms with van der Waals surface area (Å²) in [6, 6.07) is 3.75. The molecular weight excluding hydrogens is 458 g/mol. The zero-order valence-corrected chi connectivity index (χ0v) is 19.1. The average Bonchev–Trinajstić information content (AvgIpc) is 3.45. The first-order valence-electron chi connectivity index (χ1n) is 11.3. The number of aryl methyl sites for hydroxylation is 3. The van der Waals surface area contributed by atoms with Crippen molar-refractivity contribution in [2.24, 2.45) is 0 Å². The fourth-order valence-corrected chi connectivity index (χ4v) is 5.60. The van der Waals surface area contributed by atoms with Crippen LogP contribution in [0.15, 0.2) is 18.2 Å². The number of thiazole rings is 1. The number of nitrogens with zero attached hydrogens (tertiary/aromatic N) is 2. The molecule has 176 valence electrons. The van der Waals surface area contributed by atoms with Crippen LogP contribution < -0.4 is 16.0 Å². The number of rotatable bonds is 6. The Morgan fingerprint density at radius 1 is 1.12 bits per heavy atom.